The summed E-state index contributed by atoms with van der Waals surface area (Å²) in [6, 6.07) is 0. The van der Waals surface area contributed by atoms with Crippen molar-refractivity contribution >= 4 is 17.9 Å². The lowest BCUT2D eigenvalue weighted by atomic mass is 10.0. The maximum absolute atomic E-state index is 12.9. The number of carbonyl (C=O) groups excluding carboxylic acids is 3. The molecular formula is C70H134O6. The van der Waals surface area contributed by atoms with E-state index in [1.54, 1.807) is 0 Å². The third-order valence-electron chi connectivity index (χ3n) is 16.0. The Morgan fingerprint density at radius 2 is 0.434 bits per heavy atom. The van der Waals surface area contributed by atoms with Crippen molar-refractivity contribution in [3.8, 4) is 0 Å². The van der Waals surface area contributed by atoms with Gasteiger partial charge in [0.25, 0.3) is 0 Å². The molecule has 0 aromatic carbocycles. The molecule has 0 bridgehead atoms. The van der Waals surface area contributed by atoms with Gasteiger partial charge in [0.15, 0.2) is 6.10 Å². The van der Waals surface area contributed by atoms with Crippen molar-refractivity contribution in [1.82, 2.24) is 0 Å². The van der Waals surface area contributed by atoms with E-state index in [1.165, 1.54) is 295 Å². The summed E-state index contributed by atoms with van der Waals surface area (Å²) < 4.78 is 17.0. The highest BCUT2D eigenvalue weighted by atomic mass is 16.6. The zero-order chi connectivity index (χ0) is 55.0. The van der Waals surface area contributed by atoms with Crippen LogP contribution in [0.2, 0.25) is 0 Å². The molecule has 450 valence electrons. The summed E-state index contributed by atoms with van der Waals surface area (Å²) in [6.07, 6.45) is 78.1. The number of carbonyl (C=O) groups is 3. The second-order valence-corrected chi connectivity index (χ2v) is 23.8. The summed E-state index contributed by atoms with van der Waals surface area (Å²) in [6.45, 7) is 6.72. The predicted octanol–water partition coefficient (Wildman–Crippen LogP) is 23.6. The summed E-state index contributed by atoms with van der Waals surface area (Å²) in [7, 11) is 0. The Hall–Kier alpha value is -1.85. The van der Waals surface area contributed by atoms with E-state index >= 15 is 0 Å². The number of rotatable bonds is 65. The average molecular weight is 1070 g/mol. The van der Waals surface area contributed by atoms with Gasteiger partial charge in [-0.05, 0) is 44.9 Å². The van der Waals surface area contributed by atoms with Crippen LogP contribution in [0.4, 0.5) is 0 Å². The van der Waals surface area contributed by atoms with Crippen LogP contribution in [0.5, 0.6) is 0 Å². The molecule has 0 radical (unpaired) electrons. The molecule has 0 aliphatic carbocycles. The van der Waals surface area contributed by atoms with Crippen LogP contribution in [0, 0.1) is 0 Å². The molecule has 0 aromatic rings. The van der Waals surface area contributed by atoms with Gasteiger partial charge in [-0.1, -0.05) is 348 Å². The molecule has 0 aliphatic heterocycles. The van der Waals surface area contributed by atoms with Crippen LogP contribution in [0.25, 0.3) is 0 Å². The number of hydrogen-bond acceptors (Lipinski definition) is 6. The molecule has 0 saturated heterocycles. The number of allylic oxidation sites excluding steroid dienone is 2. The Balaban J connectivity index is 4.24. The van der Waals surface area contributed by atoms with Gasteiger partial charge in [0, 0.05) is 19.3 Å². The average Bonchev–Trinajstić information content (AvgIpc) is 3.42. The van der Waals surface area contributed by atoms with Gasteiger partial charge >= 0.3 is 17.9 Å². The van der Waals surface area contributed by atoms with Gasteiger partial charge in [-0.3, -0.25) is 14.4 Å². The lowest BCUT2D eigenvalue weighted by molar-refractivity contribution is -0.167. The van der Waals surface area contributed by atoms with E-state index in [1.807, 2.05) is 0 Å². The maximum atomic E-state index is 12.9. The van der Waals surface area contributed by atoms with Crippen molar-refractivity contribution in [1.29, 1.82) is 0 Å². The highest BCUT2D eigenvalue weighted by Crippen LogP contribution is 2.19. The van der Waals surface area contributed by atoms with Gasteiger partial charge in [-0.2, -0.15) is 0 Å². The molecule has 0 spiro atoms. The first kappa shape index (κ1) is 74.2. The van der Waals surface area contributed by atoms with Crippen LogP contribution in [-0.2, 0) is 28.6 Å². The van der Waals surface area contributed by atoms with Crippen LogP contribution in [0.1, 0.15) is 400 Å². The summed E-state index contributed by atoms with van der Waals surface area (Å²) in [5.41, 5.74) is 0. The fraction of sp³-hybridized carbons (Fsp3) is 0.929. The van der Waals surface area contributed by atoms with E-state index in [2.05, 4.69) is 32.9 Å². The van der Waals surface area contributed by atoms with Gasteiger partial charge in [-0.15, -0.1) is 0 Å². The second-order valence-electron chi connectivity index (χ2n) is 23.8. The Bertz CT molecular complexity index is 1180. The molecule has 0 heterocycles. The maximum Gasteiger partial charge on any atom is 0.306 e. The fourth-order valence-corrected chi connectivity index (χ4v) is 10.8. The zero-order valence-electron chi connectivity index (χ0n) is 51.8. The molecule has 0 rings (SSSR count). The first-order chi connectivity index (χ1) is 37.5. The minimum Gasteiger partial charge on any atom is -0.462 e. The van der Waals surface area contributed by atoms with E-state index in [0.29, 0.717) is 19.3 Å². The van der Waals surface area contributed by atoms with E-state index < -0.39 is 6.10 Å². The van der Waals surface area contributed by atoms with Gasteiger partial charge in [-0.25, -0.2) is 0 Å². The molecule has 0 N–H and O–H groups in total. The lowest BCUT2D eigenvalue weighted by Gasteiger charge is -2.18. The van der Waals surface area contributed by atoms with Crippen LogP contribution in [-0.4, -0.2) is 37.2 Å². The Kier molecular flexibility index (Phi) is 64.1. The van der Waals surface area contributed by atoms with Crippen LogP contribution in [0.15, 0.2) is 12.2 Å². The lowest BCUT2D eigenvalue weighted by Crippen LogP contribution is -2.30. The summed E-state index contributed by atoms with van der Waals surface area (Å²) in [5, 5.41) is 0. The molecule has 0 aliphatic rings. The third-order valence-corrected chi connectivity index (χ3v) is 16.0. The number of ether oxygens (including phenoxy) is 3. The zero-order valence-corrected chi connectivity index (χ0v) is 51.8. The molecule has 0 fully saturated rings. The Labute approximate surface area is 475 Å². The van der Waals surface area contributed by atoms with Crippen molar-refractivity contribution in [2.75, 3.05) is 13.2 Å². The highest BCUT2D eigenvalue weighted by Gasteiger charge is 2.19. The smallest absolute Gasteiger partial charge is 0.306 e. The third kappa shape index (κ3) is 63.0. The van der Waals surface area contributed by atoms with Crippen molar-refractivity contribution < 1.29 is 28.6 Å². The second kappa shape index (κ2) is 65.7. The first-order valence-electron chi connectivity index (χ1n) is 34.7. The monoisotopic (exact) mass is 1070 g/mol. The van der Waals surface area contributed by atoms with E-state index in [-0.39, 0.29) is 31.1 Å². The number of unbranched alkanes of at least 4 members (excludes halogenated alkanes) is 52. The standard InChI is InChI=1S/C70H134O6/c1-4-7-10-13-16-19-22-25-28-30-32-33-34-35-36-38-39-42-45-48-51-54-57-60-63-69(72)75-66-67(65-74-68(71)62-59-56-53-50-47-44-41-27-24-21-18-15-12-9-6-3)76-70(73)64-61-58-55-52-49-46-43-40-37-31-29-26-23-20-17-14-11-8-5-2/h27,41,67H,4-26,28-40,42-66H2,1-3H3/b41-27-. The molecular weight excluding hydrogens is 937 g/mol. The molecule has 1 atom stereocenters. The van der Waals surface area contributed by atoms with Crippen molar-refractivity contribution in [2.24, 2.45) is 0 Å². The normalized spacial score (nSPS) is 12.0. The van der Waals surface area contributed by atoms with Crippen LogP contribution < -0.4 is 0 Å². The molecule has 6 nitrogen and oxygen atoms in total. The largest absolute Gasteiger partial charge is 0.462 e. The van der Waals surface area contributed by atoms with E-state index in [4.69, 9.17) is 14.2 Å². The van der Waals surface area contributed by atoms with Crippen molar-refractivity contribution in [3.63, 3.8) is 0 Å². The molecule has 76 heavy (non-hydrogen) atoms. The predicted molar refractivity (Wildman–Crippen MR) is 330 cm³/mol. The quantitative estimate of drug-likeness (QED) is 0.0261. The topological polar surface area (TPSA) is 78.9 Å². The highest BCUT2D eigenvalue weighted by molar-refractivity contribution is 5.71. The van der Waals surface area contributed by atoms with Crippen LogP contribution in [0.3, 0.4) is 0 Å². The number of esters is 3. The molecule has 0 aromatic heterocycles. The summed E-state index contributed by atoms with van der Waals surface area (Å²) in [5.74, 6) is -0.839. The van der Waals surface area contributed by atoms with Crippen molar-refractivity contribution in [3.05, 3.63) is 12.2 Å². The fourth-order valence-electron chi connectivity index (χ4n) is 10.8. The minimum atomic E-state index is -0.769. The Morgan fingerprint density at radius 3 is 0.658 bits per heavy atom. The van der Waals surface area contributed by atoms with Gasteiger partial charge in [0.05, 0.1) is 0 Å². The summed E-state index contributed by atoms with van der Waals surface area (Å²) in [4.78, 5) is 38.4. The first-order valence-corrected chi connectivity index (χ1v) is 34.7. The van der Waals surface area contributed by atoms with E-state index in [9.17, 15) is 14.4 Å². The molecule has 0 amide bonds. The Morgan fingerprint density at radius 1 is 0.250 bits per heavy atom. The molecule has 0 saturated carbocycles. The van der Waals surface area contributed by atoms with E-state index in [0.717, 1.165) is 64.2 Å². The van der Waals surface area contributed by atoms with Gasteiger partial charge in [0.2, 0.25) is 0 Å². The molecule has 1 unspecified atom stereocenters. The van der Waals surface area contributed by atoms with Gasteiger partial charge in [0.1, 0.15) is 13.2 Å². The minimum absolute atomic E-state index is 0.0656. The molecule has 6 heteroatoms. The van der Waals surface area contributed by atoms with Crippen LogP contribution >= 0.6 is 0 Å². The van der Waals surface area contributed by atoms with Crippen molar-refractivity contribution in [2.45, 2.75) is 406 Å². The summed E-state index contributed by atoms with van der Waals surface area (Å²) >= 11 is 0. The number of hydrogen-bond donors (Lipinski definition) is 0. The SMILES string of the molecule is CCCCCCCC/C=C\CCCCCCCC(=O)OCC(COC(=O)CCCCCCCCCCCCCCCCCCCCCCCCCC)OC(=O)CCCCCCCCCCCCCCCCCCCCC. The van der Waals surface area contributed by atoms with Gasteiger partial charge < -0.3 is 14.2 Å².